The number of benzene rings is 4. The van der Waals surface area contributed by atoms with Crippen LogP contribution in [0.25, 0.3) is 11.1 Å². The van der Waals surface area contributed by atoms with E-state index in [0.29, 0.717) is 22.4 Å². The predicted molar refractivity (Wildman–Crippen MR) is 136 cm³/mol. The van der Waals surface area contributed by atoms with Gasteiger partial charge in [0.05, 0.1) is 5.56 Å². The van der Waals surface area contributed by atoms with Gasteiger partial charge < -0.3 is 5.32 Å². The van der Waals surface area contributed by atoms with Crippen LogP contribution in [0.4, 0.5) is 18.9 Å². The van der Waals surface area contributed by atoms with Gasteiger partial charge in [-0.15, -0.1) is 0 Å². The Morgan fingerprint density at radius 1 is 0.806 bits per heavy atom. The molecule has 1 aliphatic heterocycles. The molecule has 0 unspecified atom stereocenters. The highest BCUT2D eigenvalue weighted by Gasteiger charge is 2.30. The lowest BCUT2D eigenvalue weighted by Crippen LogP contribution is -2.19. The van der Waals surface area contributed by atoms with Crippen molar-refractivity contribution in [2.24, 2.45) is 0 Å². The van der Waals surface area contributed by atoms with E-state index in [-0.39, 0.29) is 5.91 Å². The zero-order chi connectivity index (χ0) is 25.1. The fourth-order valence-electron chi connectivity index (χ4n) is 4.60. The molecule has 6 heteroatoms. The molecule has 1 aliphatic rings. The van der Waals surface area contributed by atoms with Crippen molar-refractivity contribution >= 4 is 11.6 Å². The van der Waals surface area contributed by atoms with Crippen LogP contribution in [0.3, 0.4) is 0 Å². The molecule has 0 spiro atoms. The van der Waals surface area contributed by atoms with Crippen LogP contribution in [-0.2, 0) is 25.7 Å². The predicted octanol–water partition coefficient (Wildman–Crippen LogP) is 7.18. The number of hydrogen-bond acceptors (Lipinski definition) is 2. The average molecular weight is 487 g/mol. The van der Waals surface area contributed by atoms with E-state index in [4.69, 9.17) is 0 Å². The minimum Gasteiger partial charge on any atom is -0.322 e. The molecule has 0 saturated heterocycles. The SMILES string of the molecule is O=C(Nc1ccc2c(c1)CN(CCc1ccccc1)C2)c1ccccc1-c1ccc(C(F)(F)F)cc1. The molecule has 1 heterocycles. The number of anilines is 1. The lowest BCUT2D eigenvalue weighted by atomic mass is 9.98. The smallest absolute Gasteiger partial charge is 0.322 e. The van der Waals surface area contributed by atoms with Crippen LogP contribution < -0.4 is 5.32 Å². The second-order valence-electron chi connectivity index (χ2n) is 9.00. The topological polar surface area (TPSA) is 32.3 Å². The van der Waals surface area contributed by atoms with Crippen LogP contribution in [-0.4, -0.2) is 17.4 Å². The van der Waals surface area contributed by atoms with Crippen molar-refractivity contribution < 1.29 is 18.0 Å². The summed E-state index contributed by atoms with van der Waals surface area (Å²) in [4.78, 5) is 15.5. The van der Waals surface area contributed by atoms with E-state index in [9.17, 15) is 18.0 Å². The molecule has 0 aromatic heterocycles. The van der Waals surface area contributed by atoms with Crippen molar-refractivity contribution in [3.8, 4) is 11.1 Å². The summed E-state index contributed by atoms with van der Waals surface area (Å²) in [6.45, 7) is 2.67. The van der Waals surface area contributed by atoms with E-state index < -0.39 is 11.7 Å². The first-order chi connectivity index (χ1) is 17.4. The molecule has 0 atom stereocenters. The Kier molecular flexibility index (Phi) is 6.61. The first kappa shape index (κ1) is 23.8. The molecule has 36 heavy (non-hydrogen) atoms. The van der Waals surface area contributed by atoms with E-state index in [2.05, 4.69) is 40.5 Å². The number of nitrogens with zero attached hydrogens (tertiary/aromatic N) is 1. The highest BCUT2D eigenvalue weighted by atomic mass is 19.4. The molecule has 182 valence electrons. The Labute approximate surface area is 208 Å². The van der Waals surface area contributed by atoms with Crippen LogP contribution in [0, 0.1) is 0 Å². The third-order valence-electron chi connectivity index (χ3n) is 6.51. The van der Waals surface area contributed by atoms with Crippen molar-refractivity contribution in [3.63, 3.8) is 0 Å². The van der Waals surface area contributed by atoms with Crippen LogP contribution in [0.5, 0.6) is 0 Å². The lowest BCUT2D eigenvalue weighted by Gasteiger charge is -2.14. The number of rotatable bonds is 6. The van der Waals surface area contributed by atoms with Gasteiger partial charge >= 0.3 is 6.18 Å². The van der Waals surface area contributed by atoms with Crippen LogP contribution in [0.15, 0.2) is 97.1 Å². The van der Waals surface area contributed by atoms with Gasteiger partial charge in [-0.25, -0.2) is 0 Å². The summed E-state index contributed by atoms with van der Waals surface area (Å²) in [5.74, 6) is -0.302. The van der Waals surface area contributed by atoms with Gasteiger partial charge in [0.1, 0.15) is 0 Å². The van der Waals surface area contributed by atoms with E-state index >= 15 is 0 Å². The number of fused-ring (bicyclic) bond motifs is 1. The Morgan fingerprint density at radius 2 is 1.50 bits per heavy atom. The zero-order valence-electron chi connectivity index (χ0n) is 19.6. The highest BCUT2D eigenvalue weighted by molar-refractivity contribution is 6.08. The summed E-state index contributed by atoms with van der Waals surface area (Å²) >= 11 is 0. The number of amides is 1. The summed E-state index contributed by atoms with van der Waals surface area (Å²) in [7, 11) is 0. The average Bonchev–Trinajstić information content (AvgIpc) is 3.30. The molecule has 4 aromatic carbocycles. The largest absolute Gasteiger partial charge is 0.416 e. The van der Waals surface area contributed by atoms with Crippen molar-refractivity contribution in [1.82, 2.24) is 4.90 Å². The summed E-state index contributed by atoms with van der Waals surface area (Å²) < 4.78 is 38.8. The summed E-state index contributed by atoms with van der Waals surface area (Å²) in [5, 5.41) is 2.97. The maximum Gasteiger partial charge on any atom is 0.416 e. The molecule has 1 amide bonds. The van der Waals surface area contributed by atoms with Gasteiger partial charge in [-0.3, -0.25) is 9.69 Å². The number of halogens is 3. The van der Waals surface area contributed by atoms with Crippen LogP contribution in [0.2, 0.25) is 0 Å². The van der Waals surface area contributed by atoms with E-state index in [0.717, 1.165) is 38.2 Å². The van der Waals surface area contributed by atoms with Crippen molar-refractivity contribution in [1.29, 1.82) is 0 Å². The number of hydrogen-bond donors (Lipinski definition) is 1. The molecular weight excluding hydrogens is 461 g/mol. The lowest BCUT2D eigenvalue weighted by molar-refractivity contribution is -0.137. The third kappa shape index (κ3) is 5.34. The molecule has 5 rings (SSSR count). The summed E-state index contributed by atoms with van der Waals surface area (Å²) in [5.41, 5.74) is 5.28. The normalized spacial score (nSPS) is 13.4. The van der Waals surface area contributed by atoms with E-state index in [1.54, 1.807) is 24.3 Å². The third-order valence-corrected chi connectivity index (χ3v) is 6.51. The quantitative estimate of drug-likeness (QED) is 0.313. The number of nitrogens with one attached hydrogen (secondary N) is 1. The Hall–Kier alpha value is -3.90. The molecule has 1 N–H and O–H groups in total. The Balaban J connectivity index is 1.28. The summed E-state index contributed by atoms with van der Waals surface area (Å²) in [6, 6.07) is 28.2. The zero-order valence-corrected chi connectivity index (χ0v) is 19.6. The van der Waals surface area contributed by atoms with Gasteiger partial charge in [-0.1, -0.05) is 66.7 Å². The highest BCUT2D eigenvalue weighted by Crippen LogP contribution is 2.32. The second-order valence-corrected chi connectivity index (χ2v) is 9.00. The monoisotopic (exact) mass is 486 g/mol. The van der Waals surface area contributed by atoms with E-state index in [1.807, 2.05) is 18.2 Å². The van der Waals surface area contributed by atoms with Crippen LogP contribution >= 0.6 is 0 Å². The molecule has 0 bridgehead atoms. The van der Waals surface area contributed by atoms with Crippen molar-refractivity contribution in [2.75, 3.05) is 11.9 Å². The van der Waals surface area contributed by atoms with Crippen molar-refractivity contribution in [2.45, 2.75) is 25.7 Å². The maximum absolute atomic E-state index is 13.2. The van der Waals surface area contributed by atoms with E-state index in [1.165, 1.54) is 28.8 Å². The molecule has 0 saturated carbocycles. The number of alkyl halides is 3. The van der Waals surface area contributed by atoms with Gasteiger partial charge in [-0.05, 0) is 64.6 Å². The fraction of sp³-hybridized carbons (Fsp3) is 0.167. The van der Waals surface area contributed by atoms with Gasteiger partial charge in [0, 0.05) is 30.9 Å². The van der Waals surface area contributed by atoms with Crippen molar-refractivity contribution in [3.05, 3.63) is 125 Å². The molecule has 3 nitrogen and oxygen atoms in total. The molecule has 0 fully saturated rings. The van der Waals surface area contributed by atoms with Gasteiger partial charge in [0.2, 0.25) is 0 Å². The first-order valence-corrected chi connectivity index (χ1v) is 11.8. The van der Waals surface area contributed by atoms with Gasteiger partial charge in [0.15, 0.2) is 0 Å². The molecule has 0 aliphatic carbocycles. The first-order valence-electron chi connectivity index (χ1n) is 11.8. The number of carbonyl (C=O) groups excluding carboxylic acids is 1. The second kappa shape index (κ2) is 9.99. The number of carbonyl (C=O) groups is 1. The van der Waals surface area contributed by atoms with Gasteiger partial charge in [-0.2, -0.15) is 13.2 Å². The fourth-order valence-corrected chi connectivity index (χ4v) is 4.60. The Morgan fingerprint density at radius 3 is 2.25 bits per heavy atom. The Bertz CT molecular complexity index is 1370. The molecule has 0 radical (unpaired) electrons. The summed E-state index contributed by atoms with van der Waals surface area (Å²) in [6.07, 6.45) is -3.42. The minimum atomic E-state index is -4.40. The van der Waals surface area contributed by atoms with Gasteiger partial charge in [0.25, 0.3) is 5.91 Å². The standard InChI is InChI=1S/C30H25F3N2O/c31-30(32,33)25-13-10-22(11-14-25)27-8-4-5-9-28(27)29(36)34-26-15-12-23-19-35(20-24(23)18-26)17-16-21-6-2-1-3-7-21/h1-15,18H,16-17,19-20H2,(H,34,36). The molecular formula is C30H25F3N2O. The maximum atomic E-state index is 13.2. The van der Waals surface area contributed by atoms with Crippen LogP contribution in [0.1, 0.15) is 32.6 Å². The minimum absolute atomic E-state index is 0.302. The molecule has 4 aromatic rings.